The normalized spacial score (nSPS) is 15.2. The molecule has 188 valence electrons. The van der Waals surface area contributed by atoms with Crippen LogP contribution in [0.25, 0.3) is 0 Å². The lowest BCUT2D eigenvalue weighted by Crippen LogP contribution is -2.60. The van der Waals surface area contributed by atoms with Crippen LogP contribution in [0.5, 0.6) is 0 Å². The van der Waals surface area contributed by atoms with Crippen LogP contribution in [0.1, 0.15) is 25.3 Å². The summed E-state index contributed by atoms with van der Waals surface area (Å²) < 4.78 is 0. The summed E-state index contributed by atoms with van der Waals surface area (Å²) in [7, 11) is 0. The minimum atomic E-state index is -1.58. The summed E-state index contributed by atoms with van der Waals surface area (Å²) in [4.78, 5) is 59.4. The molecule has 3 amide bonds. The molecule has 0 aliphatic carbocycles. The molecule has 0 aliphatic rings. The summed E-state index contributed by atoms with van der Waals surface area (Å²) in [5, 5.41) is 44.1. The van der Waals surface area contributed by atoms with Gasteiger partial charge in [-0.25, -0.2) is 4.79 Å². The van der Waals surface area contributed by atoms with Crippen molar-refractivity contribution in [2.75, 3.05) is 6.61 Å². The van der Waals surface area contributed by atoms with Gasteiger partial charge >= 0.3 is 11.9 Å². The maximum absolute atomic E-state index is 12.6. The molecule has 5 atom stereocenters. The first-order chi connectivity index (χ1) is 16.0. The molecule has 0 aromatic heterocycles. The van der Waals surface area contributed by atoms with Gasteiger partial charge in [0, 0.05) is 12.8 Å². The molecule has 0 saturated heterocycles. The fourth-order valence-electron chi connectivity index (χ4n) is 2.85. The average Bonchev–Trinajstić information content (AvgIpc) is 2.78. The van der Waals surface area contributed by atoms with Gasteiger partial charge in [0.05, 0.1) is 18.8 Å². The molecule has 0 radical (unpaired) electrons. The molecule has 9 N–H and O–H groups in total. The molecule has 1 rings (SSSR count). The fraction of sp³-hybridized carbons (Fsp3) is 0.476. The van der Waals surface area contributed by atoms with Crippen LogP contribution in [0.15, 0.2) is 30.3 Å². The van der Waals surface area contributed by atoms with Crippen molar-refractivity contribution in [2.45, 2.75) is 56.5 Å². The lowest BCUT2D eigenvalue weighted by atomic mass is 10.1. The number of carboxylic acids is 2. The smallest absolute Gasteiger partial charge is 0.326 e. The molecular weight excluding hydrogens is 452 g/mol. The average molecular weight is 482 g/mol. The largest absolute Gasteiger partial charge is 0.481 e. The van der Waals surface area contributed by atoms with E-state index < -0.39 is 66.5 Å². The number of hydrogen-bond acceptors (Lipinski definition) is 8. The molecule has 34 heavy (non-hydrogen) atoms. The molecule has 0 fully saturated rings. The van der Waals surface area contributed by atoms with Gasteiger partial charge in [-0.15, -0.1) is 0 Å². The molecule has 13 nitrogen and oxygen atoms in total. The molecule has 0 aliphatic heterocycles. The summed E-state index contributed by atoms with van der Waals surface area (Å²) in [6, 6.07) is 2.71. The van der Waals surface area contributed by atoms with Crippen molar-refractivity contribution in [1.82, 2.24) is 16.0 Å². The van der Waals surface area contributed by atoms with Gasteiger partial charge in [-0.3, -0.25) is 19.2 Å². The van der Waals surface area contributed by atoms with Gasteiger partial charge in [0.15, 0.2) is 0 Å². The van der Waals surface area contributed by atoms with E-state index in [-0.39, 0.29) is 19.3 Å². The highest BCUT2D eigenvalue weighted by molar-refractivity contribution is 5.94. The first-order valence-electron chi connectivity index (χ1n) is 10.4. The fourth-order valence-corrected chi connectivity index (χ4v) is 2.85. The van der Waals surface area contributed by atoms with E-state index in [9.17, 15) is 39.3 Å². The van der Waals surface area contributed by atoms with Crippen molar-refractivity contribution in [1.29, 1.82) is 0 Å². The molecule has 1 aromatic rings. The molecular formula is C21H30N4O9. The van der Waals surface area contributed by atoms with Crippen LogP contribution >= 0.6 is 0 Å². The third-order valence-electron chi connectivity index (χ3n) is 4.78. The molecule has 0 heterocycles. The minimum absolute atomic E-state index is 0.0470. The van der Waals surface area contributed by atoms with E-state index in [4.69, 9.17) is 10.8 Å². The zero-order chi connectivity index (χ0) is 25.8. The predicted octanol–water partition coefficient (Wildman–Crippen LogP) is -2.67. The number of benzene rings is 1. The Kier molecular flexibility index (Phi) is 11.6. The van der Waals surface area contributed by atoms with Gasteiger partial charge in [0.2, 0.25) is 17.7 Å². The number of carboxylic acid groups (broad SMARTS) is 2. The van der Waals surface area contributed by atoms with Crippen molar-refractivity contribution in [3.63, 3.8) is 0 Å². The molecule has 0 saturated carbocycles. The predicted molar refractivity (Wildman–Crippen MR) is 117 cm³/mol. The number of aliphatic hydroxyl groups is 2. The standard InChI is InChI=1S/C21H30N4O9/c1-11(27)17(25-18(30)13(22)7-8-16(28)29)20(32)24-15(10-26)19(31)23-14(21(33)34)9-12-5-3-2-4-6-12/h2-6,11,13-15,17,26-27H,7-10,22H2,1H3,(H,23,31)(H,24,32)(H,25,30)(H,28,29)(H,33,34). The quantitative estimate of drug-likeness (QED) is 0.137. The second kappa shape index (κ2) is 13.9. The number of amides is 3. The number of rotatable bonds is 14. The topological polar surface area (TPSA) is 228 Å². The van der Waals surface area contributed by atoms with E-state index in [0.29, 0.717) is 5.56 Å². The zero-order valence-corrected chi connectivity index (χ0v) is 18.5. The summed E-state index contributed by atoms with van der Waals surface area (Å²) >= 11 is 0. The summed E-state index contributed by atoms with van der Waals surface area (Å²) in [6.07, 6.45) is -2.09. The van der Waals surface area contributed by atoms with Crippen molar-refractivity contribution in [2.24, 2.45) is 5.73 Å². The monoisotopic (exact) mass is 482 g/mol. The Balaban J connectivity index is 2.81. The first kappa shape index (κ1) is 28.5. The van der Waals surface area contributed by atoms with E-state index in [1.807, 2.05) is 0 Å². The molecule has 5 unspecified atom stereocenters. The Morgan fingerprint density at radius 1 is 0.912 bits per heavy atom. The lowest BCUT2D eigenvalue weighted by molar-refractivity contribution is -0.142. The van der Waals surface area contributed by atoms with Crippen LogP contribution in [0, 0.1) is 0 Å². The van der Waals surface area contributed by atoms with Crippen molar-refractivity contribution in [3.8, 4) is 0 Å². The van der Waals surface area contributed by atoms with Gasteiger partial charge in [-0.2, -0.15) is 0 Å². The Hall–Kier alpha value is -3.55. The Morgan fingerprint density at radius 3 is 2.00 bits per heavy atom. The zero-order valence-electron chi connectivity index (χ0n) is 18.5. The van der Waals surface area contributed by atoms with Gasteiger partial charge in [0.25, 0.3) is 0 Å². The third kappa shape index (κ3) is 9.52. The highest BCUT2D eigenvalue weighted by Gasteiger charge is 2.32. The van der Waals surface area contributed by atoms with E-state index in [0.717, 1.165) is 0 Å². The highest BCUT2D eigenvalue weighted by Crippen LogP contribution is 2.05. The second-order valence-corrected chi connectivity index (χ2v) is 7.60. The third-order valence-corrected chi connectivity index (χ3v) is 4.78. The van der Waals surface area contributed by atoms with Gasteiger partial charge < -0.3 is 42.1 Å². The maximum Gasteiger partial charge on any atom is 0.326 e. The van der Waals surface area contributed by atoms with Crippen LogP contribution in [0.3, 0.4) is 0 Å². The molecule has 13 heteroatoms. The second-order valence-electron chi connectivity index (χ2n) is 7.60. The minimum Gasteiger partial charge on any atom is -0.481 e. The Morgan fingerprint density at radius 2 is 1.50 bits per heavy atom. The van der Waals surface area contributed by atoms with Crippen molar-refractivity contribution in [3.05, 3.63) is 35.9 Å². The van der Waals surface area contributed by atoms with E-state index in [1.165, 1.54) is 6.92 Å². The molecule has 0 spiro atoms. The number of nitrogens with two attached hydrogens (primary N) is 1. The van der Waals surface area contributed by atoms with Crippen LogP contribution in [-0.4, -0.2) is 87.0 Å². The number of hydrogen-bond donors (Lipinski definition) is 8. The Labute approximate surface area is 195 Å². The number of nitrogens with one attached hydrogen (secondary N) is 3. The number of aliphatic carboxylic acids is 2. The number of aliphatic hydroxyl groups excluding tert-OH is 2. The highest BCUT2D eigenvalue weighted by atomic mass is 16.4. The molecule has 1 aromatic carbocycles. The van der Waals surface area contributed by atoms with Crippen LogP contribution < -0.4 is 21.7 Å². The van der Waals surface area contributed by atoms with Gasteiger partial charge in [-0.1, -0.05) is 30.3 Å². The number of carbonyl (C=O) groups excluding carboxylic acids is 3. The van der Waals surface area contributed by atoms with Crippen LogP contribution in [-0.2, 0) is 30.4 Å². The van der Waals surface area contributed by atoms with E-state index >= 15 is 0 Å². The molecule has 0 bridgehead atoms. The number of carbonyl (C=O) groups is 5. The SMILES string of the molecule is CC(O)C(NC(=O)C(N)CCC(=O)O)C(=O)NC(CO)C(=O)NC(Cc1ccccc1)C(=O)O. The summed E-state index contributed by atoms with van der Waals surface area (Å²) in [5.41, 5.74) is 6.22. The summed E-state index contributed by atoms with van der Waals surface area (Å²) in [5.74, 6) is -5.44. The maximum atomic E-state index is 12.6. The van der Waals surface area contributed by atoms with Crippen LogP contribution in [0.4, 0.5) is 0 Å². The van der Waals surface area contributed by atoms with Crippen molar-refractivity contribution < 1.29 is 44.4 Å². The van der Waals surface area contributed by atoms with E-state index in [2.05, 4.69) is 16.0 Å². The summed E-state index contributed by atoms with van der Waals surface area (Å²) in [6.45, 7) is 0.287. The first-order valence-corrected chi connectivity index (χ1v) is 10.4. The van der Waals surface area contributed by atoms with Gasteiger partial charge in [0.1, 0.15) is 18.1 Å². The van der Waals surface area contributed by atoms with Crippen LogP contribution in [0.2, 0.25) is 0 Å². The van der Waals surface area contributed by atoms with Gasteiger partial charge in [-0.05, 0) is 18.9 Å². The Bertz CT molecular complexity index is 863. The van der Waals surface area contributed by atoms with E-state index in [1.54, 1.807) is 30.3 Å². The lowest BCUT2D eigenvalue weighted by Gasteiger charge is -2.25. The van der Waals surface area contributed by atoms with Crippen molar-refractivity contribution >= 4 is 29.7 Å².